The molecule has 1 fully saturated rings. The van der Waals surface area contributed by atoms with Crippen molar-refractivity contribution >= 4 is 11.6 Å². The molecule has 3 nitrogen and oxygen atoms in total. The highest BCUT2D eigenvalue weighted by atomic mass is 35.5. The van der Waals surface area contributed by atoms with Gasteiger partial charge in [0.1, 0.15) is 0 Å². The minimum atomic E-state index is 0.580. The van der Waals surface area contributed by atoms with Crippen molar-refractivity contribution in [2.75, 3.05) is 13.1 Å². The minimum absolute atomic E-state index is 0.580. The molecule has 1 aliphatic rings. The van der Waals surface area contributed by atoms with E-state index >= 15 is 0 Å². The van der Waals surface area contributed by atoms with Crippen LogP contribution < -0.4 is 5.32 Å². The summed E-state index contributed by atoms with van der Waals surface area (Å²) in [6.07, 6.45) is 2.49. The normalized spacial score (nSPS) is 19.2. The molecule has 0 aliphatic carbocycles. The second kappa shape index (κ2) is 5.58. The number of aryl methyl sites for hydroxylation is 1. The lowest BCUT2D eigenvalue weighted by molar-refractivity contribution is 0.459. The average Bonchev–Trinajstić information content (AvgIpc) is 2.75. The van der Waals surface area contributed by atoms with Crippen molar-refractivity contribution in [3.8, 4) is 5.69 Å². The van der Waals surface area contributed by atoms with Crippen LogP contribution in [0.1, 0.15) is 35.7 Å². The smallest absolute Gasteiger partial charge is 0.0663 e. The Morgan fingerprint density at radius 3 is 2.90 bits per heavy atom. The Morgan fingerprint density at radius 1 is 1.35 bits per heavy atom. The second-order valence-corrected chi connectivity index (χ2v) is 5.96. The molecule has 4 heteroatoms. The molecule has 2 heterocycles. The second-order valence-electron chi connectivity index (χ2n) is 5.52. The Morgan fingerprint density at radius 2 is 2.20 bits per heavy atom. The average molecular weight is 290 g/mol. The number of aromatic nitrogens is 2. The Bertz CT molecular complexity index is 612. The molecular weight excluding hydrogens is 270 g/mol. The minimum Gasteiger partial charge on any atom is -0.316 e. The molecule has 0 amide bonds. The number of halogens is 1. The summed E-state index contributed by atoms with van der Waals surface area (Å²) in [4.78, 5) is 0. The number of rotatable bonds is 2. The third-order valence-electron chi connectivity index (χ3n) is 4.11. The first-order chi connectivity index (χ1) is 9.66. The Labute approximate surface area is 124 Å². The number of hydrogen-bond acceptors (Lipinski definition) is 2. The molecule has 1 N–H and O–H groups in total. The Balaban J connectivity index is 2.02. The fourth-order valence-corrected chi connectivity index (χ4v) is 3.39. The van der Waals surface area contributed by atoms with Crippen molar-refractivity contribution in [1.82, 2.24) is 15.1 Å². The van der Waals surface area contributed by atoms with Crippen molar-refractivity contribution < 1.29 is 0 Å². The fourth-order valence-electron chi connectivity index (χ4n) is 3.20. The molecule has 20 heavy (non-hydrogen) atoms. The molecule has 0 spiro atoms. The zero-order valence-electron chi connectivity index (χ0n) is 12.0. The maximum absolute atomic E-state index is 6.09. The van der Waals surface area contributed by atoms with Gasteiger partial charge in [0.05, 0.1) is 11.4 Å². The van der Waals surface area contributed by atoms with Crippen molar-refractivity contribution in [2.45, 2.75) is 32.6 Å². The zero-order chi connectivity index (χ0) is 14.1. The highest BCUT2D eigenvalue weighted by Crippen LogP contribution is 2.30. The van der Waals surface area contributed by atoms with Gasteiger partial charge < -0.3 is 5.32 Å². The Kier molecular flexibility index (Phi) is 3.81. The topological polar surface area (TPSA) is 29.9 Å². The summed E-state index contributed by atoms with van der Waals surface area (Å²) in [5.74, 6) is 0.580. The first-order valence-electron chi connectivity index (χ1n) is 7.19. The molecule has 2 aromatic rings. The number of hydrogen-bond donors (Lipinski definition) is 1. The standard InChI is InChI=1S/C16H20ClN3/c1-11-16(13-5-4-8-18-10-13)12(2)20(19-11)15-7-3-6-14(17)9-15/h3,6-7,9,13,18H,4-5,8,10H2,1-2H3. The summed E-state index contributed by atoms with van der Waals surface area (Å²) >= 11 is 6.09. The van der Waals surface area contributed by atoms with Gasteiger partial charge in [-0.05, 0) is 51.4 Å². The van der Waals surface area contributed by atoms with Gasteiger partial charge in [0.25, 0.3) is 0 Å². The molecule has 1 saturated heterocycles. The molecule has 1 aromatic heterocycles. The van der Waals surface area contributed by atoms with Crippen molar-refractivity contribution in [3.63, 3.8) is 0 Å². The van der Waals surface area contributed by atoms with E-state index in [2.05, 4.69) is 19.2 Å². The van der Waals surface area contributed by atoms with E-state index in [1.54, 1.807) is 0 Å². The van der Waals surface area contributed by atoms with Crippen LogP contribution >= 0.6 is 11.6 Å². The molecular formula is C16H20ClN3. The predicted molar refractivity (Wildman–Crippen MR) is 82.9 cm³/mol. The summed E-state index contributed by atoms with van der Waals surface area (Å²) in [7, 11) is 0. The molecule has 1 unspecified atom stereocenters. The van der Waals surface area contributed by atoms with E-state index in [9.17, 15) is 0 Å². The van der Waals surface area contributed by atoms with E-state index < -0.39 is 0 Å². The van der Waals surface area contributed by atoms with Crippen LogP contribution in [0.25, 0.3) is 5.69 Å². The number of nitrogens with one attached hydrogen (secondary N) is 1. The maximum Gasteiger partial charge on any atom is 0.0663 e. The van der Waals surface area contributed by atoms with E-state index in [0.29, 0.717) is 5.92 Å². The van der Waals surface area contributed by atoms with Crippen molar-refractivity contribution in [3.05, 3.63) is 46.2 Å². The predicted octanol–water partition coefficient (Wildman–Crippen LogP) is 3.61. The summed E-state index contributed by atoms with van der Waals surface area (Å²) in [5.41, 5.74) is 4.81. The van der Waals surface area contributed by atoms with Crippen LogP contribution in [-0.2, 0) is 0 Å². The highest BCUT2D eigenvalue weighted by molar-refractivity contribution is 6.30. The van der Waals surface area contributed by atoms with Gasteiger partial charge in [-0.1, -0.05) is 17.7 Å². The van der Waals surface area contributed by atoms with Gasteiger partial charge in [-0.2, -0.15) is 5.10 Å². The van der Waals surface area contributed by atoms with E-state index in [0.717, 1.165) is 29.5 Å². The summed E-state index contributed by atoms with van der Waals surface area (Å²) in [6, 6.07) is 7.87. The van der Waals surface area contributed by atoms with Crippen LogP contribution in [0.3, 0.4) is 0 Å². The summed E-state index contributed by atoms with van der Waals surface area (Å²) in [6.45, 7) is 6.46. The summed E-state index contributed by atoms with van der Waals surface area (Å²) < 4.78 is 2.02. The van der Waals surface area contributed by atoms with E-state index in [-0.39, 0.29) is 0 Å². The van der Waals surface area contributed by atoms with Gasteiger partial charge in [-0.3, -0.25) is 0 Å². The van der Waals surface area contributed by atoms with Gasteiger partial charge in [0.2, 0.25) is 0 Å². The van der Waals surface area contributed by atoms with Crippen LogP contribution in [0.5, 0.6) is 0 Å². The van der Waals surface area contributed by atoms with E-state index in [1.807, 2.05) is 28.9 Å². The van der Waals surface area contributed by atoms with E-state index in [1.165, 1.54) is 24.1 Å². The number of nitrogens with zero attached hydrogens (tertiary/aromatic N) is 2. The van der Waals surface area contributed by atoms with Gasteiger partial charge in [0, 0.05) is 28.7 Å². The molecule has 1 aromatic carbocycles. The van der Waals surface area contributed by atoms with Gasteiger partial charge >= 0.3 is 0 Å². The highest BCUT2D eigenvalue weighted by Gasteiger charge is 2.23. The van der Waals surface area contributed by atoms with E-state index in [4.69, 9.17) is 16.7 Å². The lowest BCUT2D eigenvalue weighted by Gasteiger charge is -2.23. The molecule has 0 bridgehead atoms. The SMILES string of the molecule is Cc1nn(-c2cccc(Cl)c2)c(C)c1C1CCCNC1. The first kappa shape index (κ1) is 13.7. The lowest BCUT2D eigenvalue weighted by Crippen LogP contribution is -2.28. The molecule has 0 saturated carbocycles. The molecule has 3 rings (SSSR count). The van der Waals surface area contributed by atoms with Crippen LogP contribution in [-0.4, -0.2) is 22.9 Å². The monoisotopic (exact) mass is 289 g/mol. The van der Waals surface area contributed by atoms with Crippen molar-refractivity contribution in [2.24, 2.45) is 0 Å². The summed E-state index contributed by atoms with van der Waals surface area (Å²) in [5, 5.41) is 8.96. The van der Waals surface area contributed by atoms with Gasteiger partial charge in [0.15, 0.2) is 0 Å². The van der Waals surface area contributed by atoms with Crippen LogP contribution in [0.2, 0.25) is 5.02 Å². The molecule has 0 radical (unpaired) electrons. The zero-order valence-corrected chi connectivity index (χ0v) is 12.7. The van der Waals surface area contributed by atoms with Crippen LogP contribution in [0.15, 0.2) is 24.3 Å². The van der Waals surface area contributed by atoms with Crippen molar-refractivity contribution in [1.29, 1.82) is 0 Å². The third-order valence-corrected chi connectivity index (χ3v) is 4.34. The number of piperidine rings is 1. The quantitative estimate of drug-likeness (QED) is 0.915. The van der Waals surface area contributed by atoms with Crippen LogP contribution in [0.4, 0.5) is 0 Å². The van der Waals surface area contributed by atoms with Crippen LogP contribution in [0, 0.1) is 13.8 Å². The Hall–Kier alpha value is -1.32. The molecule has 1 aliphatic heterocycles. The maximum atomic E-state index is 6.09. The lowest BCUT2D eigenvalue weighted by atomic mass is 9.90. The third kappa shape index (κ3) is 2.48. The van der Waals surface area contributed by atoms with Gasteiger partial charge in [-0.25, -0.2) is 4.68 Å². The van der Waals surface area contributed by atoms with Gasteiger partial charge in [-0.15, -0.1) is 0 Å². The first-order valence-corrected chi connectivity index (χ1v) is 7.57. The largest absolute Gasteiger partial charge is 0.316 e. The molecule has 106 valence electrons. The molecule has 1 atom stereocenters. The number of benzene rings is 1. The fraction of sp³-hybridized carbons (Fsp3) is 0.438.